The minimum absolute atomic E-state index is 0.299. The Balaban J connectivity index is 1.45. The van der Waals surface area contributed by atoms with E-state index in [0.717, 1.165) is 49.9 Å². The lowest BCUT2D eigenvalue weighted by Crippen LogP contribution is -2.41. The molecule has 31 heavy (non-hydrogen) atoms. The molecule has 1 N–H and O–H groups in total. The predicted molar refractivity (Wildman–Crippen MR) is 126 cm³/mol. The number of hydrogen-bond acceptors (Lipinski definition) is 4. The highest BCUT2D eigenvalue weighted by molar-refractivity contribution is 5.98. The van der Waals surface area contributed by atoms with E-state index in [1.165, 1.54) is 11.3 Å². The number of anilines is 2. The van der Waals surface area contributed by atoms with E-state index in [9.17, 15) is 4.79 Å². The van der Waals surface area contributed by atoms with E-state index in [0.29, 0.717) is 24.8 Å². The van der Waals surface area contributed by atoms with Crippen LogP contribution in [0.5, 0.6) is 0 Å². The van der Waals surface area contributed by atoms with E-state index < -0.39 is 0 Å². The van der Waals surface area contributed by atoms with Gasteiger partial charge >= 0.3 is 0 Å². The fourth-order valence-corrected chi connectivity index (χ4v) is 4.47. The standard InChI is InChI=1S/C24H32N6O/c1-25-24(26-16-19-8-6-11-22(27-19)28(2)3)30-17-18(20-9-4-5-10-21(20)30)13-15-29-14-7-12-23(29)31/h4-6,8-11,18H,7,12-17H2,1-3H3,(H,25,26). The number of hydrogen-bond donors (Lipinski definition) is 1. The number of guanidine groups is 1. The number of rotatable bonds is 6. The fourth-order valence-electron chi connectivity index (χ4n) is 4.47. The number of nitrogens with one attached hydrogen (secondary N) is 1. The van der Waals surface area contributed by atoms with Crippen molar-refractivity contribution in [1.82, 2.24) is 15.2 Å². The number of aliphatic imine (C=N–C) groups is 1. The highest BCUT2D eigenvalue weighted by Gasteiger charge is 2.32. The highest BCUT2D eigenvalue weighted by atomic mass is 16.2. The maximum Gasteiger partial charge on any atom is 0.222 e. The number of fused-ring (bicyclic) bond motifs is 1. The summed E-state index contributed by atoms with van der Waals surface area (Å²) in [5, 5.41) is 3.49. The zero-order valence-corrected chi connectivity index (χ0v) is 18.7. The Labute approximate surface area is 184 Å². The molecule has 2 aromatic rings. The van der Waals surface area contributed by atoms with Gasteiger partial charge in [-0.1, -0.05) is 24.3 Å². The zero-order chi connectivity index (χ0) is 21.8. The summed E-state index contributed by atoms with van der Waals surface area (Å²) < 4.78 is 0. The summed E-state index contributed by atoms with van der Waals surface area (Å²) in [5.41, 5.74) is 3.51. The molecule has 1 atom stereocenters. The molecule has 1 aromatic heterocycles. The van der Waals surface area contributed by atoms with E-state index in [4.69, 9.17) is 4.98 Å². The lowest BCUT2D eigenvalue weighted by molar-refractivity contribution is -0.127. The molecule has 7 heteroatoms. The molecule has 164 valence electrons. The lowest BCUT2D eigenvalue weighted by atomic mass is 9.98. The van der Waals surface area contributed by atoms with Crippen molar-refractivity contribution < 1.29 is 4.79 Å². The van der Waals surface area contributed by atoms with Crippen molar-refractivity contribution in [2.45, 2.75) is 31.7 Å². The molecule has 1 amide bonds. The molecular formula is C24H32N6O. The Morgan fingerprint density at radius 3 is 2.81 bits per heavy atom. The molecule has 0 radical (unpaired) electrons. The van der Waals surface area contributed by atoms with Crippen LogP contribution in [-0.2, 0) is 11.3 Å². The van der Waals surface area contributed by atoms with Crippen LogP contribution in [0.1, 0.15) is 36.4 Å². The van der Waals surface area contributed by atoms with Crippen molar-refractivity contribution in [3.63, 3.8) is 0 Å². The van der Waals surface area contributed by atoms with Crippen LogP contribution in [0.15, 0.2) is 47.5 Å². The normalized spacial score (nSPS) is 18.5. The molecule has 0 aliphatic carbocycles. The van der Waals surface area contributed by atoms with E-state index in [2.05, 4.69) is 39.5 Å². The van der Waals surface area contributed by atoms with Gasteiger partial charge in [0.2, 0.25) is 5.91 Å². The summed E-state index contributed by atoms with van der Waals surface area (Å²) in [6.07, 6.45) is 2.67. The van der Waals surface area contributed by atoms with E-state index in [1.807, 2.05) is 49.1 Å². The van der Waals surface area contributed by atoms with Crippen molar-refractivity contribution in [2.24, 2.45) is 4.99 Å². The van der Waals surface area contributed by atoms with Gasteiger partial charge < -0.3 is 20.0 Å². The Bertz CT molecular complexity index is 957. The summed E-state index contributed by atoms with van der Waals surface area (Å²) in [4.78, 5) is 27.5. The zero-order valence-electron chi connectivity index (χ0n) is 18.7. The molecule has 0 spiro atoms. The average Bonchev–Trinajstić information content (AvgIpc) is 3.36. The summed E-state index contributed by atoms with van der Waals surface area (Å²) in [6, 6.07) is 14.6. The second kappa shape index (κ2) is 9.37. The molecule has 1 unspecified atom stereocenters. The second-order valence-corrected chi connectivity index (χ2v) is 8.42. The SMILES string of the molecule is CN=C(NCc1cccc(N(C)C)n1)N1CC(CCN2CCCC2=O)c2ccccc21. The Morgan fingerprint density at radius 1 is 1.23 bits per heavy atom. The van der Waals surface area contributed by atoms with Crippen molar-refractivity contribution in [2.75, 3.05) is 50.6 Å². The molecule has 1 fully saturated rings. The Hall–Kier alpha value is -3.09. The predicted octanol–water partition coefficient (Wildman–Crippen LogP) is 2.84. The van der Waals surface area contributed by atoms with Crippen molar-refractivity contribution in [3.8, 4) is 0 Å². The molecular weight excluding hydrogens is 388 g/mol. The average molecular weight is 421 g/mol. The first kappa shape index (κ1) is 21.2. The van der Waals surface area contributed by atoms with E-state index in [1.54, 1.807) is 0 Å². The first-order valence-corrected chi connectivity index (χ1v) is 11.0. The molecule has 1 saturated heterocycles. The molecule has 2 aliphatic heterocycles. The number of aromatic nitrogens is 1. The summed E-state index contributed by atoms with van der Waals surface area (Å²) >= 11 is 0. The van der Waals surface area contributed by atoms with Gasteiger partial charge in [-0.15, -0.1) is 0 Å². The number of nitrogens with zero attached hydrogens (tertiary/aromatic N) is 5. The van der Waals surface area contributed by atoms with Gasteiger partial charge in [-0.3, -0.25) is 9.79 Å². The Morgan fingerprint density at radius 2 is 2.06 bits per heavy atom. The molecule has 1 aromatic carbocycles. The number of carbonyl (C=O) groups is 1. The number of amides is 1. The first-order valence-electron chi connectivity index (χ1n) is 11.0. The lowest BCUT2D eigenvalue weighted by Gasteiger charge is -2.23. The molecule has 2 aliphatic rings. The highest BCUT2D eigenvalue weighted by Crippen LogP contribution is 2.38. The van der Waals surface area contributed by atoms with Crippen LogP contribution in [-0.4, -0.2) is 62.5 Å². The van der Waals surface area contributed by atoms with Crippen LogP contribution in [0.3, 0.4) is 0 Å². The minimum atomic E-state index is 0.299. The first-order chi connectivity index (χ1) is 15.1. The quantitative estimate of drug-likeness (QED) is 0.575. The van der Waals surface area contributed by atoms with E-state index >= 15 is 0 Å². The van der Waals surface area contributed by atoms with Crippen molar-refractivity contribution in [1.29, 1.82) is 0 Å². The number of carbonyl (C=O) groups excluding carboxylic acids is 1. The van der Waals surface area contributed by atoms with E-state index in [-0.39, 0.29) is 0 Å². The van der Waals surface area contributed by atoms with Crippen LogP contribution >= 0.6 is 0 Å². The van der Waals surface area contributed by atoms with Gasteiger partial charge in [-0.25, -0.2) is 4.98 Å². The molecule has 3 heterocycles. The van der Waals surface area contributed by atoms with Crippen LogP contribution < -0.4 is 15.1 Å². The third-order valence-corrected chi connectivity index (χ3v) is 6.13. The molecule has 0 bridgehead atoms. The molecule has 7 nitrogen and oxygen atoms in total. The van der Waals surface area contributed by atoms with Gasteiger partial charge in [-0.05, 0) is 36.6 Å². The number of benzene rings is 1. The topological polar surface area (TPSA) is 64.1 Å². The fraction of sp³-hybridized carbons (Fsp3) is 0.458. The minimum Gasteiger partial charge on any atom is -0.363 e. The maximum atomic E-state index is 12.0. The van der Waals surface area contributed by atoms with Gasteiger partial charge in [0.1, 0.15) is 5.82 Å². The number of pyridine rings is 1. The Kier molecular flexibility index (Phi) is 6.39. The van der Waals surface area contributed by atoms with Gasteiger partial charge in [0.15, 0.2) is 5.96 Å². The summed E-state index contributed by atoms with van der Waals surface area (Å²) in [5.74, 6) is 2.48. The molecule has 0 saturated carbocycles. The number of para-hydroxylation sites is 1. The smallest absolute Gasteiger partial charge is 0.222 e. The third-order valence-electron chi connectivity index (χ3n) is 6.13. The second-order valence-electron chi connectivity index (χ2n) is 8.42. The maximum absolute atomic E-state index is 12.0. The number of likely N-dealkylation sites (tertiary alicyclic amines) is 1. The summed E-state index contributed by atoms with van der Waals surface area (Å²) in [7, 11) is 5.82. The van der Waals surface area contributed by atoms with Gasteiger partial charge in [-0.2, -0.15) is 0 Å². The van der Waals surface area contributed by atoms with Gasteiger partial charge in [0.05, 0.1) is 12.2 Å². The van der Waals surface area contributed by atoms with Crippen LogP contribution in [0.2, 0.25) is 0 Å². The summed E-state index contributed by atoms with van der Waals surface area (Å²) in [6.45, 7) is 3.21. The van der Waals surface area contributed by atoms with Gasteiger partial charge in [0, 0.05) is 58.8 Å². The van der Waals surface area contributed by atoms with Gasteiger partial charge in [0.25, 0.3) is 0 Å². The third kappa shape index (κ3) is 4.65. The largest absolute Gasteiger partial charge is 0.363 e. The monoisotopic (exact) mass is 420 g/mol. The van der Waals surface area contributed by atoms with Crippen molar-refractivity contribution >= 4 is 23.4 Å². The van der Waals surface area contributed by atoms with Crippen LogP contribution in [0.4, 0.5) is 11.5 Å². The van der Waals surface area contributed by atoms with Crippen molar-refractivity contribution in [3.05, 3.63) is 53.7 Å². The van der Waals surface area contributed by atoms with Crippen LogP contribution in [0, 0.1) is 0 Å². The van der Waals surface area contributed by atoms with Crippen LogP contribution in [0.25, 0.3) is 0 Å². The molecule has 4 rings (SSSR count).